The van der Waals surface area contributed by atoms with Gasteiger partial charge in [-0.15, -0.1) is 0 Å². The van der Waals surface area contributed by atoms with E-state index in [1.54, 1.807) is 30.5 Å². The van der Waals surface area contributed by atoms with Crippen LogP contribution in [0.25, 0.3) is 11.0 Å². The first-order valence-corrected chi connectivity index (χ1v) is 12.1. The first-order valence-electron chi connectivity index (χ1n) is 10.6. The highest BCUT2D eigenvalue weighted by molar-refractivity contribution is 7.91. The Morgan fingerprint density at radius 1 is 0.886 bits per heavy atom. The monoisotopic (exact) mass is 485 g/mol. The fourth-order valence-electron chi connectivity index (χ4n) is 3.35. The smallest absolute Gasteiger partial charge is 0.287 e. The molecule has 0 saturated heterocycles. The van der Waals surface area contributed by atoms with Gasteiger partial charge in [-0.3, -0.25) is 14.8 Å². The van der Waals surface area contributed by atoms with Gasteiger partial charge in [-0.25, -0.2) is 13.4 Å². The number of furan rings is 1. The lowest BCUT2D eigenvalue weighted by atomic mass is 10.3. The second-order valence-corrected chi connectivity index (χ2v) is 9.52. The predicted molar refractivity (Wildman–Crippen MR) is 129 cm³/mol. The number of hydrogen-bond acceptors (Lipinski definition) is 8. The summed E-state index contributed by atoms with van der Waals surface area (Å²) in [6, 6.07) is 18.9. The minimum absolute atomic E-state index is 0.0305. The second kappa shape index (κ2) is 9.35. The highest BCUT2D eigenvalue weighted by Gasteiger charge is 2.19. The van der Waals surface area contributed by atoms with Crippen LogP contribution in [0, 0.1) is 0 Å². The number of carbonyl (C=O) groups is 1. The molecule has 4 aromatic heterocycles. The average molecular weight is 486 g/mol. The molecule has 35 heavy (non-hydrogen) atoms. The third-order valence-corrected chi connectivity index (χ3v) is 6.90. The third kappa shape index (κ3) is 4.87. The molecule has 10 heteroatoms. The zero-order valence-corrected chi connectivity index (χ0v) is 19.1. The molecule has 0 unspecified atom stereocenters. The van der Waals surface area contributed by atoms with E-state index in [4.69, 9.17) is 4.42 Å². The maximum absolute atomic E-state index is 13.0. The van der Waals surface area contributed by atoms with Crippen LogP contribution in [0.4, 0.5) is 11.5 Å². The van der Waals surface area contributed by atoms with Gasteiger partial charge in [0.25, 0.3) is 5.91 Å². The van der Waals surface area contributed by atoms with E-state index in [9.17, 15) is 13.2 Å². The van der Waals surface area contributed by atoms with Gasteiger partial charge in [0, 0.05) is 29.7 Å². The molecule has 5 rings (SSSR count). The minimum atomic E-state index is -3.80. The molecule has 0 spiro atoms. The summed E-state index contributed by atoms with van der Waals surface area (Å²) in [6.07, 6.45) is 5.72. The van der Waals surface area contributed by atoms with Crippen LogP contribution in [0.5, 0.6) is 0 Å². The molecule has 0 radical (unpaired) electrons. The first-order chi connectivity index (χ1) is 17.0. The summed E-state index contributed by atoms with van der Waals surface area (Å²) < 4.78 is 31.4. The molecule has 0 aliphatic carbocycles. The summed E-state index contributed by atoms with van der Waals surface area (Å²) in [7, 11) is -3.80. The van der Waals surface area contributed by atoms with Gasteiger partial charge in [-0.2, -0.15) is 0 Å². The molecular formula is C25H19N5O4S. The fraction of sp³-hybridized carbons (Fsp3) is 0.0400. The van der Waals surface area contributed by atoms with Crippen LogP contribution in [-0.2, 0) is 16.4 Å². The molecule has 0 aliphatic heterocycles. The number of benzene rings is 1. The average Bonchev–Trinajstić information content (AvgIpc) is 3.33. The third-order valence-electron chi connectivity index (χ3n) is 5.18. The van der Waals surface area contributed by atoms with Crippen LogP contribution < -0.4 is 10.6 Å². The summed E-state index contributed by atoms with van der Waals surface area (Å²) in [6.45, 7) is 0.107. The normalized spacial score (nSPS) is 11.3. The van der Waals surface area contributed by atoms with Crippen molar-refractivity contribution in [3.63, 3.8) is 0 Å². The molecule has 1 aromatic carbocycles. The number of carbonyl (C=O) groups excluding carboxylic acids is 1. The quantitative estimate of drug-likeness (QED) is 0.352. The molecule has 2 N–H and O–H groups in total. The zero-order chi connectivity index (χ0) is 24.3. The molecule has 0 saturated carbocycles. The van der Waals surface area contributed by atoms with Crippen LogP contribution in [-0.4, -0.2) is 29.3 Å². The van der Waals surface area contributed by atoms with Crippen LogP contribution in [0.1, 0.15) is 16.2 Å². The number of rotatable bonds is 7. The summed E-state index contributed by atoms with van der Waals surface area (Å²) in [5, 5.41) is 6.59. The van der Waals surface area contributed by atoms with Crippen molar-refractivity contribution in [3.8, 4) is 0 Å². The predicted octanol–water partition coefficient (Wildman–Crippen LogP) is 4.12. The van der Waals surface area contributed by atoms with Crippen molar-refractivity contribution in [2.24, 2.45) is 0 Å². The number of fused-ring (bicyclic) bond motifs is 1. The number of nitrogens with one attached hydrogen (secondary N) is 2. The van der Waals surface area contributed by atoms with Gasteiger partial charge in [-0.05, 0) is 48.5 Å². The second-order valence-electron chi connectivity index (χ2n) is 7.57. The number of pyridine rings is 3. The van der Waals surface area contributed by atoms with Crippen molar-refractivity contribution in [3.05, 3.63) is 103 Å². The molecule has 0 fully saturated rings. The Kier molecular flexibility index (Phi) is 5.94. The standard InChI is InChI=1S/C25H19N5O4S/c31-25(22-12-17-10-11-26-16-23(17)34-22)29-13-19-6-7-20(14-27-19)35(32,33)21-8-9-24(28-15-21)30-18-4-2-1-3-5-18/h1-12,14-16H,13H2,(H,28,30)(H,29,31). The Morgan fingerprint density at radius 3 is 2.34 bits per heavy atom. The Bertz CT molecular complexity index is 1550. The number of hydrogen-bond donors (Lipinski definition) is 2. The SMILES string of the molecule is O=C(NCc1ccc(S(=O)(=O)c2ccc(Nc3ccccc3)nc2)cn1)c1cc2ccncc2o1. The van der Waals surface area contributed by atoms with E-state index in [-0.39, 0.29) is 22.1 Å². The van der Waals surface area contributed by atoms with E-state index in [2.05, 4.69) is 25.6 Å². The number of sulfone groups is 1. The fourth-order valence-corrected chi connectivity index (χ4v) is 4.50. The van der Waals surface area contributed by atoms with Crippen LogP contribution in [0.3, 0.4) is 0 Å². The molecule has 4 heterocycles. The van der Waals surface area contributed by atoms with Gasteiger partial charge in [0.05, 0.1) is 28.2 Å². The van der Waals surface area contributed by atoms with Gasteiger partial charge in [0.2, 0.25) is 9.84 Å². The van der Waals surface area contributed by atoms with E-state index in [0.717, 1.165) is 11.1 Å². The van der Waals surface area contributed by atoms with E-state index in [0.29, 0.717) is 17.1 Å². The lowest BCUT2D eigenvalue weighted by molar-refractivity contribution is 0.0925. The van der Waals surface area contributed by atoms with E-state index in [1.165, 1.54) is 30.7 Å². The summed E-state index contributed by atoms with van der Waals surface area (Å²) in [4.78, 5) is 24.8. The molecule has 1 amide bonds. The number of amides is 1. The van der Waals surface area contributed by atoms with E-state index in [1.807, 2.05) is 30.3 Å². The van der Waals surface area contributed by atoms with Crippen molar-refractivity contribution in [1.82, 2.24) is 20.3 Å². The van der Waals surface area contributed by atoms with Crippen molar-refractivity contribution in [1.29, 1.82) is 0 Å². The Balaban J connectivity index is 1.24. The summed E-state index contributed by atoms with van der Waals surface area (Å²) >= 11 is 0. The van der Waals surface area contributed by atoms with Gasteiger partial charge in [0.15, 0.2) is 11.3 Å². The summed E-state index contributed by atoms with van der Waals surface area (Å²) in [5.74, 6) is 0.278. The van der Waals surface area contributed by atoms with Crippen LogP contribution in [0.15, 0.2) is 106 Å². The maximum atomic E-state index is 13.0. The number of nitrogens with zero attached hydrogens (tertiary/aromatic N) is 3. The van der Waals surface area contributed by atoms with Crippen molar-refractivity contribution in [2.45, 2.75) is 16.3 Å². The van der Waals surface area contributed by atoms with Gasteiger partial charge >= 0.3 is 0 Å². The molecule has 0 atom stereocenters. The molecule has 0 aliphatic rings. The topological polar surface area (TPSA) is 127 Å². The van der Waals surface area contributed by atoms with Crippen LogP contribution >= 0.6 is 0 Å². The highest BCUT2D eigenvalue weighted by atomic mass is 32.2. The van der Waals surface area contributed by atoms with E-state index >= 15 is 0 Å². The van der Waals surface area contributed by atoms with Crippen molar-refractivity contribution >= 4 is 38.2 Å². The molecular weight excluding hydrogens is 466 g/mol. The number of aromatic nitrogens is 3. The molecule has 174 valence electrons. The summed E-state index contributed by atoms with van der Waals surface area (Å²) in [5.41, 5.74) is 1.86. The number of para-hydroxylation sites is 1. The molecule has 9 nitrogen and oxygen atoms in total. The Hall–Kier alpha value is -4.57. The van der Waals surface area contributed by atoms with Gasteiger partial charge in [0.1, 0.15) is 5.82 Å². The molecule has 0 bridgehead atoms. The first kappa shape index (κ1) is 22.2. The lowest BCUT2D eigenvalue weighted by Crippen LogP contribution is -2.22. The van der Waals surface area contributed by atoms with E-state index < -0.39 is 15.7 Å². The number of anilines is 2. The van der Waals surface area contributed by atoms with Crippen LogP contribution in [0.2, 0.25) is 0 Å². The Morgan fingerprint density at radius 2 is 1.66 bits per heavy atom. The van der Waals surface area contributed by atoms with Gasteiger partial charge in [-0.1, -0.05) is 18.2 Å². The minimum Gasteiger partial charge on any atom is -0.449 e. The van der Waals surface area contributed by atoms with Crippen molar-refractivity contribution in [2.75, 3.05) is 5.32 Å². The maximum Gasteiger partial charge on any atom is 0.287 e. The van der Waals surface area contributed by atoms with Crippen molar-refractivity contribution < 1.29 is 17.6 Å². The lowest BCUT2D eigenvalue weighted by Gasteiger charge is -2.08. The Labute approximate surface area is 200 Å². The zero-order valence-electron chi connectivity index (χ0n) is 18.3. The molecule has 5 aromatic rings. The highest BCUT2D eigenvalue weighted by Crippen LogP contribution is 2.22. The van der Waals surface area contributed by atoms with Gasteiger partial charge < -0.3 is 15.1 Å². The largest absolute Gasteiger partial charge is 0.449 e.